The molecule has 0 amide bonds. The van der Waals surface area contributed by atoms with Gasteiger partial charge in [0, 0.05) is 13.2 Å². The molecule has 0 fully saturated rings. The number of hydrogen-bond donors (Lipinski definition) is 1. The lowest BCUT2D eigenvalue weighted by atomic mass is 10.3. The van der Waals surface area contributed by atoms with Crippen LogP contribution in [0.4, 0.5) is 5.95 Å². The van der Waals surface area contributed by atoms with Gasteiger partial charge in [-0.05, 0) is 24.3 Å². The van der Waals surface area contributed by atoms with E-state index in [-0.39, 0.29) is 0 Å². The molecule has 3 heterocycles. The Morgan fingerprint density at radius 3 is 2.81 bits per heavy atom. The van der Waals surface area contributed by atoms with E-state index in [0.717, 1.165) is 11.4 Å². The van der Waals surface area contributed by atoms with Gasteiger partial charge < -0.3 is 10.3 Å². The summed E-state index contributed by atoms with van der Waals surface area (Å²) < 4.78 is 3.52. The van der Waals surface area contributed by atoms with Crippen molar-refractivity contribution in [3.05, 3.63) is 30.5 Å². The van der Waals surface area contributed by atoms with Crippen molar-refractivity contribution in [2.75, 3.05) is 5.73 Å². The summed E-state index contributed by atoms with van der Waals surface area (Å²) in [5, 5.41) is 12.0. The molecule has 0 aliphatic rings. The molecule has 0 atom stereocenters. The van der Waals surface area contributed by atoms with Gasteiger partial charge in [0.1, 0.15) is 5.69 Å². The second kappa shape index (κ2) is 3.06. The van der Waals surface area contributed by atoms with Crippen LogP contribution in [0.1, 0.15) is 0 Å². The summed E-state index contributed by atoms with van der Waals surface area (Å²) in [6.45, 7) is 0. The van der Waals surface area contributed by atoms with Gasteiger partial charge in [0.05, 0.1) is 5.69 Å². The maximum atomic E-state index is 5.66. The van der Waals surface area contributed by atoms with Crippen molar-refractivity contribution in [3.8, 4) is 11.4 Å². The van der Waals surface area contributed by atoms with E-state index in [0.29, 0.717) is 11.6 Å². The van der Waals surface area contributed by atoms with Crippen LogP contribution in [0, 0.1) is 0 Å². The predicted octanol–water partition coefficient (Wildman–Crippen LogP) is 0.712. The van der Waals surface area contributed by atoms with E-state index >= 15 is 0 Å². The molecule has 16 heavy (non-hydrogen) atoms. The zero-order valence-corrected chi connectivity index (χ0v) is 8.70. The second-order valence-electron chi connectivity index (χ2n) is 3.55. The van der Waals surface area contributed by atoms with Gasteiger partial charge in [-0.1, -0.05) is 0 Å². The predicted molar refractivity (Wildman–Crippen MR) is 59.6 cm³/mol. The largest absolute Gasteiger partial charge is 0.366 e. The number of nitrogens with two attached hydrogens (primary N) is 1. The molecule has 6 heteroatoms. The topological polar surface area (TPSA) is 74.0 Å². The Bertz CT molecular complexity index is 650. The number of rotatable bonds is 1. The number of nitrogen functional groups attached to an aromatic ring is 1. The van der Waals surface area contributed by atoms with Gasteiger partial charge in [-0.25, -0.2) is 0 Å². The van der Waals surface area contributed by atoms with Gasteiger partial charge in [0.15, 0.2) is 5.65 Å². The molecule has 3 rings (SSSR count). The van der Waals surface area contributed by atoms with Crippen molar-refractivity contribution in [3.63, 3.8) is 0 Å². The first-order valence-corrected chi connectivity index (χ1v) is 4.85. The van der Waals surface area contributed by atoms with Crippen LogP contribution in [0.2, 0.25) is 0 Å². The highest BCUT2D eigenvalue weighted by molar-refractivity contribution is 5.57. The molecule has 3 aromatic heterocycles. The molecule has 0 aromatic carbocycles. The van der Waals surface area contributed by atoms with Gasteiger partial charge in [-0.3, -0.25) is 0 Å². The first-order chi connectivity index (χ1) is 7.75. The van der Waals surface area contributed by atoms with Crippen LogP contribution in [-0.4, -0.2) is 24.4 Å². The van der Waals surface area contributed by atoms with Gasteiger partial charge in [-0.2, -0.15) is 9.61 Å². The quantitative estimate of drug-likeness (QED) is 0.647. The molecule has 3 aromatic rings. The van der Waals surface area contributed by atoms with Crippen molar-refractivity contribution in [1.29, 1.82) is 0 Å². The highest BCUT2D eigenvalue weighted by Gasteiger charge is 2.07. The minimum Gasteiger partial charge on any atom is -0.366 e. The van der Waals surface area contributed by atoms with Gasteiger partial charge >= 0.3 is 0 Å². The van der Waals surface area contributed by atoms with Crippen LogP contribution in [0.3, 0.4) is 0 Å². The lowest BCUT2D eigenvalue weighted by Gasteiger charge is -2.02. The average Bonchev–Trinajstić information content (AvgIpc) is 2.86. The van der Waals surface area contributed by atoms with Crippen LogP contribution in [0.25, 0.3) is 17.0 Å². The molecule has 80 valence electrons. The number of fused-ring (bicyclic) bond motifs is 1. The molecule has 0 saturated heterocycles. The number of nitrogens with zero attached hydrogens (tertiary/aromatic N) is 5. The van der Waals surface area contributed by atoms with Gasteiger partial charge in [0.2, 0.25) is 5.95 Å². The molecule has 0 unspecified atom stereocenters. The van der Waals surface area contributed by atoms with Crippen molar-refractivity contribution >= 4 is 11.6 Å². The van der Waals surface area contributed by atoms with Gasteiger partial charge in [0.25, 0.3) is 0 Å². The zero-order chi connectivity index (χ0) is 11.1. The summed E-state index contributed by atoms with van der Waals surface area (Å²) in [4.78, 5) is 0. The molecule has 0 aliphatic carbocycles. The Balaban J connectivity index is 2.25. The Hall–Kier alpha value is -2.37. The first kappa shape index (κ1) is 8.90. The first-order valence-electron chi connectivity index (χ1n) is 4.85. The highest BCUT2D eigenvalue weighted by atomic mass is 15.4. The van der Waals surface area contributed by atoms with E-state index in [1.165, 1.54) is 4.52 Å². The summed E-state index contributed by atoms with van der Waals surface area (Å²) in [7, 11) is 1.97. The van der Waals surface area contributed by atoms with Crippen molar-refractivity contribution < 1.29 is 0 Å². The van der Waals surface area contributed by atoms with Crippen LogP contribution < -0.4 is 5.73 Å². The van der Waals surface area contributed by atoms with Crippen LogP contribution in [0.15, 0.2) is 30.5 Å². The fraction of sp³-hybridized carbons (Fsp3) is 0.100. The molecule has 2 N–H and O–H groups in total. The Kier molecular flexibility index (Phi) is 1.70. The normalized spacial score (nSPS) is 11.1. The molecule has 0 spiro atoms. The third-order valence-electron chi connectivity index (χ3n) is 2.49. The number of aryl methyl sites for hydroxylation is 1. The van der Waals surface area contributed by atoms with Crippen molar-refractivity contribution in [2.45, 2.75) is 0 Å². The molecular weight excluding hydrogens is 204 g/mol. The Morgan fingerprint density at radius 2 is 2.06 bits per heavy atom. The Labute approximate surface area is 91.3 Å². The lowest BCUT2D eigenvalue weighted by Crippen LogP contribution is -2.01. The zero-order valence-electron chi connectivity index (χ0n) is 8.70. The third kappa shape index (κ3) is 1.16. The van der Waals surface area contributed by atoms with E-state index in [9.17, 15) is 0 Å². The van der Waals surface area contributed by atoms with E-state index in [1.807, 2.05) is 42.1 Å². The monoisotopic (exact) mass is 214 g/mol. The number of aromatic nitrogens is 5. The average molecular weight is 214 g/mol. The summed E-state index contributed by atoms with van der Waals surface area (Å²) in [5.74, 6) is 0.297. The number of anilines is 1. The molecule has 6 nitrogen and oxygen atoms in total. The Morgan fingerprint density at radius 1 is 1.19 bits per heavy atom. The highest BCUT2D eigenvalue weighted by Crippen LogP contribution is 2.17. The lowest BCUT2D eigenvalue weighted by molar-refractivity contribution is 0.897. The van der Waals surface area contributed by atoms with E-state index < -0.39 is 0 Å². The van der Waals surface area contributed by atoms with E-state index in [1.54, 1.807) is 0 Å². The smallest absolute Gasteiger partial charge is 0.243 e. The van der Waals surface area contributed by atoms with Crippen LogP contribution in [0.5, 0.6) is 0 Å². The molecule has 0 radical (unpaired) electrons. The minimum atomic E-state index is 0.297. The van der Waals surface area contributed by atoms with E-state index in [2.05, 4.69) is 15.3 Å². The van der Waals surface area contributed by atoms with Crippen molar-refractivity contribution in [2.24, 2.45) is 7.05 Å². The molecular formula is C10H10N6. The van der Waals surface area contributed by atoms with E-state index in [4.69, 9.17) is 5.73 Å². The second-order valence-corrected chi connectivity index (χ2v) is 3.55. The van der Waals surface area contributed by atoms with Crippen LogP contribution in [-0.2, 0) is 7.05 Å². The maximum absolute atomic E-state index is 5.66. The summed E-state index contributed by atoms with van der Waals surface area (Å²) in [5.41, 5.74) is 8.17. The summed E-state index contributed by atoms with van der Waals surface area (Å²) >= 11 is 0. The third-order valence-corrected chi connectivity index (χ3v) is 2.49. The molecule has 0 bridgehead atoms. The molecule has 0 aliphatic heterocycles. The maximum Gasteiger partial charge on any atom is 0.243 e. The number of hydrogen-bond acceptors (Lipinski definition) is 4. The van der Waals surface area contributed by atoms with Crippen molar-refractivity contribution in [1.82, 2.24) is 24.4 Å². The van der Waals surface area contributed by atoms with Crippen LogP contribution >= 0.6 is 0 Å². The molecule has 0 saturated carbocycles. The summed E-state index contributed by atoms with van der Waals surface area (Å²) in [6.07, 6.45) is 1.97. The fourth-order valence-corrected chi connectivity index (χ4v) is 1.67. The summed E-state index contributed by atoms with van der Waals surface area (Å²) in [6, 6.07) is 7.71. The minimum absolute atomic E-state index is 0.297. The SMILES string of the molecule is Cn1cccc1-c1ccc2nnc(N)n2n1. The standard InChI is InChI=1S/C10H10N6/c1-15-6-2-3-8(15)7-4-5-9-12-13-10(11)16(9)14-7/h2-6H,1H3,(H2,11,13). The van der Waals surface area contributed by atoms with Gasteiger partial charge in [-0.15, -0.1) is 10.2 Å². The fourth-order valence-electron chi connectivity index (χ4n) is 1.67.